The number of carbonyl (C=O) groups excluding carboxylic acids is 2. The molecule has 1 aromatic rings. The fraction of sp³-hybridized carbons (Fsp3) is 0.471. The van der Waals surface area contributed by atoms with E-state index in [1.54, 1.807) is 24.3 Å². The maximum absolute atomic E-state index is 12.1. The molecular formula is C17H21N3O2. The molecule has 3 N–H and O–H groups in total. The van der Waals surface area contributed by atoms with Crippen molar-refractivity contribution in [2.24, 2.45) is 11.7 Å². The molecule has 2 rings (SSSR count). The van der Waals surface area contributed by atoms with Crippen LogP contribution in [-0.2, 0) is 16.0 Å². The Bertz CT molecular complexity index is 586. The molecule has 1 aromatic carbocycles. The number of primary amides is 1. The van der Waals surface area contributed by atoms with Crippen LogP contribution in [0.2, 0.25) is 0 Å². The van der Waals surface area contributed by atoms with Crippen molar-refractivity contribution in [2.45, 2.75) is 44.6 Å². The number of nitrogens with two attached hydrogens (primary N) is 1. The molecule has 5 nitrogen and oxygen atoms in total. The lowest BCUT2D eigenvalue weighted by Gasteiger charge is -2.17. The molecule has 2 amide bonds. The maximum Gasteiger partial charge on any atom is 0.240 e. The molecule has 22 heavy (non-hydrogen) atoms. The van der Waals surface area contributed by atoms with E-state index in [1.165, 1.54) is 12.8 Å². The Morgan fingerprint density at radius 2 is 2.00 bits per heavy atom. The summed E-state index contributed by atoms with van der Waals surface area (Å²) < 4.78 is 0. The van der Waals surface area contributed by atoms with Crippen molar-refractivity contribution in [3.05, 3.63) is 35.4 Å². The number of hydrogen-bond acceptors (Lipinski definition) is 3. The van der Waals surface area contributed by atoms with Crippen molar-refractivity contribution in [1.29, 1.82) is 5.26 Å². The van der Waals surface area contributed by atoms with Gasteiger partial charge >= 0.3 is 0 Å². The van der Waals surface area contributed by atoms with Gasteiger partial charge < -0.3 is 11.1 Å². The number of nitrogens with zero attached hydrogens (tertiary/aromatic N) is 1. The molecule has 1 aliphatic rings. The third kappa shape index (κ3) is 4.32. The highest BCUT2D eigenvalue weighted by Crippen LogP contribution is 2.27. The average molecular weight is 299 g/mol. The van der Waals surface area contributed by atoms with Crippen LogP contribution in [0.5, 0.6) is 0 Å². The fourth-order valence-corrected chi connectivity index (χ4v) is 2.98. The monoisotopic (exact) mass is 299 g/mol. The van der Waals surface area contributed by atoms with Crippen molar-refractivity contribution < 1.29 is 9.59 Å². The number of nitrogens with one attached hydrogen (secondary N) is 1. The van der Waals surface area contributed by atoms with Gasteiger partial charge in [0.15, 0.2) is 0 Å². The van der Waals surface area contributed by atoms with Crippen LogP contribution in [0.3, 0.4) is 0 Å². The van der Waals surface area contributed by atoms with Crippen LogP contribution < -0.4 is 11.1 Å². The summed E-state index contributed by atoms with van der Waals surface area (Å²) in [5.74, 6) is -0.294. The molecule has 0 saturated heterocycles. The third-order valence-electron chi connectivity index (χ3n) is 4.19. The Hall–Kier alpha value is -2.35. The Morgan fingerprint density at radius 1 is 1.32 bits per heavy atom. The molecule has 0 radical (unpaired) electrons. The minimum Gasteiger partial charge on any atom is -0.368 e. The highest BCUT2D eigenvalue weighted by atomic mass is 16.2. The van der Waals surface area contributed by atoms with E-state index >= 15 is 0 Å². The van der Waals surface area contributed by atoms with E-state index in [-0.39, 0.29) is 12.3 Å². The number of amides is 2. The van der Waals surface area contributed by atoms with Gasteiger partial charge in [0.1, 0.15) is 6.04 Å². The van der Waals surface area contributed by atoms with Gasteiger partial charge in [0.05, 0.1) is 11.6 Å². The van der Waals surface area contributed by atoms with Gasteiger partial charge in [-0.15, -0.1) is 0 Å². The quantitative estimate of drug-likeness (QED) is 0.836. The van der Waals surface area contributed by atoms with E-state index < -0.39 is 11.9 Å². The lowest BCUT2D eigenvalue weighted by Crippen LogP contribution is -2.46. The van der Waals surface area contributed by atoms with Crippen molar-refractivity contribution in [3.8, 4) is 6.07 Å². The first-order valence-corrected chi connectivity index (χ1v) is 7.67. The summed E-state index contributed by atoms with van der Waals surface area (Å²) in [6, 6.07) is 8.34. The van der Waals surface area contributed by atoms with Gasteiger partial charge in [-0.3, -0.25) is 9.59 Å². The summed E-state index contributed by atoms with van der Waals surface area (Å²) in [5, 5.41) is 11.8. The number of nitriles is 1. The molecule has 0 heterocycles. The van der Waals surface area contributed by atoms with Crippen LogP contribution in [0.25, 0.3) is 0 Å². The zero-order valence-corrected chi connectivity index (χ0v) is 12.5. The second-order valence-electron chi connectivity index (χ2n) is 5.85. The summed E-state index contributed by atoms with van der Waals surface area (Å²) in [5.41, 5.74) is 6.61. The van der Waals surface area contributed by atoms with Crippen LogP contribution in [0.15, 0.2) is 24.3 Å². The maximum atomic E-state index is 12.1. The van der Waals surface area contributed by atoms with E-state index in [9.17, 15) is 9.59 Å². The summed E-state index contributed by atoms with van der Waals surface area (Å²) >= 11 is 0. The highest BCUT2D eigenvalue weighted by molar-refractivity contribution is 5.87. The molecule has 1 fully saturated rings. The van der Waals surface area contributed by atoms with Gasteiger partial charge in [-0.25, -0.2) is 0 Å². The topological polar surface area (TPSA) is 96.0 Å². The molecule has 0 bridgehead atoms. The van der Waals surface area contributed by atoms with Crippen molar-refractivity contribution in [3.63, 3.8) is 0 Å². The summed E-state index contributed by atoms with van der Waals surface area (Å²) in [6.45, 7) is 0. The minimum absolute atomic E-state index is 0.134. The Kier molecular flexibility index (Phi) is 5.54. The highest BCUT2D eigenvalue weighted by Gasteiger charge is 2.23. The first-order valence-electron chi connectivity index (χ1n) is 7.67. The lowest BCUT2D eigenvalue weighted by atomic mass is 9.99. The van der Waals surface area contributed by atoms with Crippen LogP contribution in [0.1, 0.15) is 43.2 Å². The molecule has 116 valence electrons. The first-order chi connectivity index (χ1) is 10.6. The Morgan fingerprint density at radius 3 is 2.64 bits per heavy atom. The normalized spacial score (nSPS) is 16.0. The number of benzene rings is 1. The number of rotatable bonds is 6. The van der Waals surface area contributed by atoms with Crippen LogP contribution in [0.4, 0.5) is 0 Å². The van der Waals surface area contributed by atoms with Gasteiger partial charge in [-0.05, 0) is 30.4 Å². The van der Waals surface area contributed by atoms with Gasteiger partial charge in [-0.1, -0.05) is 31.0 Å². The van der Waals surface area contributed by atoms with Crippen molar-refractivity contribution >= 4 is 11.8 Å². The molecule has 0 unspecified atom stereocenters. The lowest BCUT2D eigenvalue weighted by molar-refractivity contribution is -0.127. The molecular weight excluding hydrogens is 278 g/mol. The molecule has 0 spiro atoms. The van der Waals surface area contributed by atoms with Gasteiger partial charge in [-0.2, -0.15) is 5.26 Å². The Balaban J connectivity index is 1.99. The van der Waals surface area contributed by atoms with E-state index in [2.05, 4.69) is 11.4 Å². The van der Waals surface area contributed by atoms with Crippen LogP contribution in [0, 0.1) is 17.2 Å². The zero-order chi connectivity index (χ0) is 15.9. The number of carbonyl (C=O) groups is 2. The summed E-state index contributed by atoms with van der Waals surface area (Å²) in [6.07, 6.45) is 5.19. The van der Waals surface area contributed by atoms with E-state index in [0.29, 0.717) is 17.9 Å². The molecule has 5 heteroatoms. The Labute approximate surface area is 130 Å². The summed E-state index contributed by atoms with van der Waals surface area (Å²) in [7, 11) is 0. The molecule has 1 atom stereocenters. The van der Waals surface area contributed by atoms with E-state index in [0.717, 1.165) is 18.4 Å². The minimum atomic E-state index is -0.775. The molecule has 1 aliphatic carbocycles. The second-order valence-corrected chi connectivity index (χ2v) is 5.85. The van der Waals surface area contributed by atoms with Gasteiger partial charge in [0.25, 0.3) is 0 Å². The van der Waals surface area contributed by atoms with Gasteiger partial charge in [0, 0.05) is 12.8 Å². The third-order valence-corrected chi connectivity index (χ3v) is 4.19. The number of hydrogen-bond donors (Lipinski definition) is 2. The standard InChI is InChI=1S/C17H21N3O2/c18-11-14-8-4-3-7-13(14)10-15(17(19)22)20-16(21)9-12-5-1-2-6-12/h3-4,7-8,12,15H,1-2,5-6,9-10H2,(H2,19,22)(H,20,21)/t15-/m0/s1. The summed E-state index contributed by atoms with van der Waals surface area (Å²) in [4.78, 5) is 23.7. The average Bonchev–Trinajstić information content (AvgIpc) is 2.99. The second kappa shape index (κ2) is 7.60. The van der Waals surface area contributed by atoms with Crippen molar-refractivity contribution in [1.82, 2.24) is 5.32 Å². The van der Waals surface area contributed by atoms with Crippen molar-refractivity contribution in [2.75, 3.05) is 0 Å². The van der Waals surface area contributed by atoms with E-state index in [1.807, 2.05) is 0 Å². The largest absolute Gasteiger partial charge is 0.368 e. The zero-order valence-electron chi connectivity index (χ0n) is 12.5. The van der Waals surface area contributed by atoms with Crippen LogP contribution in [-0.4, -0.2) is 17.9 Å². The van der Waals surface area contributed by atoms with Gasteiger partial charge in [0.2, 0.25) is 11.8 Å². The predicted octanol–water partition coefficient (Wildman–Crippen LogP) is 1.65. The predicted molar refractivity (Wildman–Crippen MR) is 82.6 cm³/mol. The molecule has 0 aliphatic heterocycles. The molecule has 0 aromatic heterocycles. The fourth-order valence-electron chi connectivity index (χ4n) is 2.98. The SMILES string of the molecule is N#Cc1ccccc1C[C@H](NC(=O)CC1CCCC1)C(N)=O. The smallest absolute Gasteiger partial charge is 0.240 e. The molecule has 1 saturated carbocycles. The first kappa shape index (κ1) is 16.0. The van der Waals surface area contributed by atoms with E-state index in [4.69, 9.17) is 11.0 Å². The van der Waals surface area contributed by atoms with Crippen LogP contribution >= 0.6 is 0 Å².